The van der Waals surface area contributed by atoms with Crippen molar-refractivity contribution in [2.75, 3.05) is 12.3 Å². The Balaban J connectivity index is 2.18. The van der Waals surface area contributed by atoms with E-state index in [0.717, 1.165) is 11.7 Å². The molecule has 17 heavy (non-hydrogen) atoms. The van der Waals surface area contributed by atoms with Crippen molar-refractivity contribution >= 4 is 16.9 Å². The van der Waals surface area contributed by atoms with E-state index in [4.69, 9.17) is 0 Å². The number of nitrogens with one attached hydrogen (secondary N) is 1. The molecule has 3 heteroatoms. The van der Waals surface area contributed by atoms with Gasteiger partial charge in [0, 0.05) is 18.3 Å². The van der Waals surface area contributed by atoms with Gasteiger partial charge in [0.15, 0.2) is 5.17 Å². The molecule has 0 amide bonds. The minimum Gasteiger partial charge on any atom is -0.362 e. The van der Waals surface area contributed by atoms with Crippen molar-refractivity contribution in [2.24, 2.45) is 10.4 Å². The van der Waals surface area contributed by atoms with Gasteiger partial charge in [-0.05, 0) is 18.8 Å². The van der Waals surface area contributed by atoms with Gasteiger partial charge in [0.05, 0.1) is 0 Å². The third-order valence-corrected chi connectivity index (χ3v) is 4.56. The van der Waals surface area contributed by atoms with Crippen molar-refractivity contribution in [1.82, 2.24) is 5.32 Å². The first kappa shape index (κ1) is 14.9. The Morgan fingerprint density at radius 3 is 2.71 bits per heavy atom. The molecule has 0 spiro atoms. The summed E-state index contributed by atoms with van der Waals surface area (Å²) < 4.78 is 0. The molecule has 0 aromatic rings. The molecule has 2 nitrogen and oxygen atoms in total. The van der Waals surface area contributed by atoms with Crippen molar-refractivity contribution in [3.63, 3.8) is 0 Å². The van der Waals surface area contributed by atoms with Gasteiger partial charge >= 0.3 is 0 Å². The van der Waals surface area contributed by atoms with Crippen LogP contribution in [-0.4, -0.2) is 23.5 Å². The molecule has 1 aliphatic rings. The number of rotatable bonds is 6. The zero-order valence-corrected chi connectivity index (χ0v) is 12.7. The molecule has 0 aromatic heterocycles. The zero-order chi connectivity index (χ0) is 12.7. The van der Waals surface area contributed by atoms with Crippen molar-refractivity contribution < 1.29 is 0 Å². The molecule has 1 unspecified atom stereocenters. The van der Waals surface area contributed by atoms with E-state index < -0.39 is 0 Å². The lowest BCUT2D eigenvalue weighted by molar-refractivity contribution is 0.435. The van der Waals surface area contributed by atoms with E-state index in [1.165, 1.54) is 37.9 Å². The quantitative estimate of drug-likeness (QED) is 0.725. The summed E-state index contributed by atoms with van der Waals surface area (Å²) in [5.74, 6) is 1.18. The molecule has 0 radical (unpaired) electrons. The maximum absolute atomic E-state index is 4.64. The topological polar surface area (TPSA) is 24.4 Å². The minimum absolute atomic E-state index is 0.375. The zero-order valence-electron chi connectivity index (χ0n) is 11.9. The summed E-state index contributed by atoms with van der Waals surface area (Å²) in [5.41, 5.74) is 0.375. The van der Waals surface area contributed by atoms with Crippen LogP contribution >= 0.6 is 11.8 Å². The van der Waals surface area contributed by atoms with Crippen molar-refractivity contribution in [3.8, 4) is 0 Å². The first-order valence-electron chi connectivity index (χ1n) is 6.97. The van der Waals surface area contributed by atoms with Gasteiger partial charge in [0.2, 0.25) is 0 Å². The molecule has 0 aliphatic carbocycles. The summed E-state index contributed by atoms with van der Waals surface area (Å²) in [7, 11) is 0. The van der Waals surface area contributed by atoms with Crippen LogP contribution in [0.5, 0.6) is 0 Å². The van der Waals surface area contributed by atoms with Gasteiger partial charge in [-0.25, -0.2) is 0 Å². The van der Waals surface area contributed by atoms with E-state index in [1.807, 2.05) is 11.8 Å². The molecular weight excluding hydrogens is 228 g/mol. The molecule has 100 valence electrons. The largest absolute Gasteiger partial charge is 0.362 e. The van der Waals surface area contributed by atoms with Gasteiger partial charge < -0.3 is 5.32 Å². The van der Waals surface area contributed by atoms with E-state index >= 15 is 0 Å². The lowest BCUT2D eigenvalue weighted by Crippen LogP contribution is -2.36. The SMILES string of the molecule is CCCCCCC(C)NC1=NCC(C)(C)CS1. The number of hydrogen-bond acceptors (Lipinski definition) is 3. The van der Waals surface area contributed by atoms with Crippen LogP contribution in [0.1, 0.15) is 59.8 Å². The predicted molar refractivity (Wildman–Crippen MR) is 79.9 cm³/mol. The first-order valence-corrected chi connectivity index (χ1v) is 7.96. The number of amidine groups is 1. The van der Waals surface area contributed by atoms with Crippen molar-refractivity contribution in [1.29, 1.82) is 0 Å². The van der Waals surface area contributed by atoms with Gasteiger partial charge in [-0.2, -0.15) is 0 Å². The molecule has 0 aromatic carbocycles. The van der Waals surface area contributed by atoms with E-state index in [9.17, 15) is 0 Å². The molecule has 1 aliphatic heterocycles. The van der Waals surface area contributed by atoms with Crippen LogP contribution < -0.4 is 5.32 Å². The number of hydrogen-bond donors (Lipinski definition) is 1. The van der Waals surface area contributed by atoms with Crippen LogP contribution in [0.15, 0.2) is 4.99 Å². The Morgan fingerprint density at radius 1 is 1.35 bits per heavy atom. The number of nitrogens with zero attached hydrogens (tertiary/aromatic N) is 1. The van der Waals surface area contributed by atoms with E-state index in [2.05, 4.69) is 38.0 Å². The Bertz CT molecular complexity index is 249. The number of aliphatic imine (C=N–C) groups is 1. The second-order valence-corrected chi connectivity index (χ2v) is 6.93. The molecule has 0 saturated carbocycles. The van der Waals surface area contributed by atoms with Crippen molar-refractivity contribution in [2.45, 2.75) is 65.8 Å². The van der Waals surface area contributed by atoms with Gasteiger partial charge in [0.1, 0.15) is 0 Å². The van der Waals surface area contributed by atoms with E-state index in [1.54, 1.807) is 0 Å². The number of thioether (sulfide) groups is 1. The number of unbranched alkanes of at least 4 members (excludes halogenated alkanes) is 3. The summed E-state index contributed by atoms with van der Waals surface area (Å²) in [6, 6.07) is 0.569. The van der Waals surface area contributed by atoms with E-state index in [0.29, 0.717) is 11.5 Å². The van der Waals surface area contributed by atoms with Gasteiger partial charge in [0.25, 0.3) is 0 Å². The summed E-state index contributed by atoms with van der Waals surface area (Å²) in [6.45, 7) is 10.1. The van der Waals surface area contributed by atoms with E-state index in [-0.39, 0.29) is 0 Å². The van der Waals surface area contributed by atoms with Crippen molar-refractivity contribution in [3.05, 3.63) is 0 Å². The Kier molecular flexibility index (Phi) is 6.39. The fourth-order valence-electron chi connectivity index (χ4n) is 1.89. The fraction of sp³-hybridized carbons (Fsp3) is 0.929. The smallest absolute Gasteiger partial charge is 0.156 e. The predicted octanol–water partition coefficient (Wildman–Crippen LogP) is 4.06. The van der Waals surface area contributed by atoms with Crippen LogP contribution in [-0.2, 0) is 0 Å². The molecule has 0 bridgehead atoms. The van der Waals surface area contributed by atoms with Gasteiger partial charge in [-0.15, -0.1) is 0 Å². The van der Waals surface area contributed by atoms with Gasteiger partial charge in [-0.3, -0.25) is 4.99 Å². The molecule has 1 heterocycles. The highest BCUT2D eigenvalue weighted by molar-refractivity contribution is 8.13. The van der Waals surface area contributed by atoms with Crippen LogP contribution in [0.3, 0.4) is 0 Å². The molecular formula is C14H28N2S. The average molecular weight is 256 g/mol. The van der Waals surface area contributed by atoms with Crippen LogP contribution in [0.4, 0.5) is 0 Å². The summed E-state index contributed by atoms with van der Waals surface area (Å²) in [5, 5.41) is 4.71. The molecule has 1 atom stereocenters. The monoisotopic (exact) mass is 256 g/mol. The standard InChI is InChI=1S/C14H28N2S/c1-5-6-7-8-9-12(2)16-13-15-10-14(3,4)11-17-13/h12H,5-11H2,1-4H3,(H,15,16). The Hall–Kier alpha value is -0.180. The highest BCUT2D eigenvalue weighted by atomic mass is 32.2. The third-order valence-electron chi connectivity index (χ3n) is 3.11. The minimum atomic E-state index is 0.375. The molecule has 0 saturated heterocycles. The first-order chi connectivity index (χ1) is 8.03. The maximum atomic E-state index is 4.64. The average Bonchev–Trinajstić information content (AvgIpc) is 2.28. The molecule has 1 N–H and O–H groups in total. The third kappa shape index (κ3) is 6.35. The highest BCUT2D eigenvalue weighted by Gasteiger charge is 2.23. The lowest BCUT2D eigenvalue weighted by atomic mass is 9.97. The van der Waals surface area contributed by atoms with Crippen LogP contribution in [0, 0.1) is 5.41 Å². The maximum Gasteiger partial charge on any atom is 0.156 e. The lowest BCUT2D eigenvalue weighted by Gasteiger charge is -2.28. The second-order valence-electron chi connectivity index (χ2n) is 5.97. The summed E-state index contributed by atoms with van der Waals surface area (Å²) in [6.07, 6.45) is 6.67. The normalized spacial score (nSPS) is 20.8. The summed E-state index contributed by atoms with van der Waals surface area (Å²) >= 11 is 1.88. The van der Waals surface area contributed by atoms with Crippen LogP contribution in [0.25, 0.3) is 0 Å². The highest BCUT2D eigenvalue weighted by Crippen LogP contribution is 2.27. The Morgan fingerprint density at radius 2 is 2.12 bits per heavy atom. The molecule has 1 rings (SSSR count). The summed E-state index contributed by atoms with van der Waals surface area (Å²) in [4.78, 5) is 4.64. The fourth-order valence-corrected chi connectivity index (χ4v) is 2.95. The Labute approximate surface area is 111 Å². The molecule has 0 fully saturated rings. The van der Waals surface area contributed by atoms with Crippen LogP contribution in [0.2, 0.25) is 0 Å². The second kappa shape index (κ2) is 7.30. The van der Waals surface area contributed by atoms with Gasteiger partial charge in [-0.1, -0.05) is 58.2 Å².